The Morgan fingerprint density at radius 1 is 0.958 bits per heavy atom. The van der Waals surface area contributed by atoms with Gasteiger partial charge in [0.05, 0.1) is 10.6 Å². The molecule has 0 N–H and O–H groups in total. The van der Waals surface area contributed by atoms with Gasteiger partial charge in [0.1, 0.15) is 13.2 Å². The summed E-state index contributed by atoms with van der Waals surface area (Å²) in [7, 11) is -2.09. The Labute approximate surface area is 142 Å². The summed E-state index contributed by atoms with van der Waals surface area (Å²) in [6, 6.07) is 12.2. The average molecular weight is 347 g/mol. The number of rotatable bonds is 4. The number of sulfonamides is 1. The Morgan fingerprint density at radius 3 is 2.21 bits per heavy atom. The molecule has 1 aliphatic heterocycles. The largest absolute Gasteiger partial charge is 0.486 e. The smallest absolute Gasteiger partial charge is 0.264 e. The van der Waals surface area contributed by atoms with Crippen LogP contribution in [0.1, 0.15) is 25.3 Å². The molecule has 128 valence electrons. The SMILES string of the molecule is CC(C)c1ccc(S(=O)(=O)N(C)c2ccc3c(c2)OCCO3)cc1. The van der Waals surface area contributed by atoms with Gasteiger partial charge in [-0.15, -0.1) is 0 Å². The van der Waals surface area contributed by atoms with E-state index in [9.17, 15) is 8.42 Å². The second kappa shape index (κ2) is 6.36. The number of hydrogen-bond donors (Lipinski definition) is 0. The topological polar surface area (TPSA) is 55.8 Å². The fourth-order valence-corrected chi connectivity index (χ4v) is 3.74. The molecule has 0 amide bonds. The maximum absolute atomic E-state index is 12.8. The van der Waals surface area contributed by atoms with Crippen LogP contribution in [0.3, 0.4) is 0 Å². The van der Waals surface area contributed by atoms with Gasteiger partial charge in [-0.2, -0.15) is 0 Å². The lowest BCUT2D eigenvalue weighted by Gasteiger charge is -2.23. The Morgan fingerprint density at radius 2 is 1.58 bits per heavy atom. The molecule has 0 spiro atoms. The van der Waals surface area contributed by atoms with Gasteiger partial charge in [-0.1, -0.05) is 26.0 Å². The van der Waals surface area contributed by atoms with Crippen molar-refractivity contribution >= 4 is 15.7 Å². The van der Waals surface area contributed by atoms with Crippen molar-refractivity contribution < 1.29 is 17.9 Å². The van der Waals surface area contributed by atoms with Gasteiger partial charge in [0.2, 0.25) is 0 Å². The highest BCUT2D eigenvalue weighted by atomic mass is 32.2. The molecule has 0 saturated carbocycles. The van der Waals surface area contributed by atoms with Gasteiger partial charge in [-0.25, -0.2) is 8.42 Å². The van der Waals surface area contributed by atoms with E-state index >= 15 is 0 Å². The zero-order valence-electron chi connectivity index (χ0n) is 14.0. The van der Waals surface area contributed by atoms with Crippen molar-refractivity contribution in [2.75, 3.05) is 24.6 Å². The predicted molar refractivity (Wildman–Crippen MR) is 93.6 cm³/mol. The molecule has 0 aromatic heterocycles. The summed E-state index contributed by atoms with van der Waals surface area (Å²) in [5, 5.41) is 0. The number of fused-ring (bicyclic) bond motifs is 1. The van der Waals surface area contributed by atoms with Gasteiger partial charge < -0.3 is 9.47 Å². The van der Waals surface area contributed by atoms with Crippen molar-refractivity contribution in [2.24, 2.45) is 0 Å². The number of benzene rings is 2. The minimum Gasteiger partial charge on any atom is -0.486 e. The second-order valence-corrected chi connectivity index (χ2v) is 7.99. The molecule has 0 unspecified atom stereocenters. The van der Waals surface area contributed by atoms with Crippen LogP contribution in [0.25, 0.3) is 0 Å². The Bertz CT molecular complexity index is 829. The van der Waals surface area contributed by atoms with Crippen LogP contribution >= 0.6 is 0 Å². The van der Waals surface area contributed by atoms with Crippen LogP contribution in [0, 0.1) is 0 Å². The molecule has 6 heteroatoms. The van der Waals surface area contributed by atoms with Gasteiger partial charge in [-0.3, -0.25) is 4.31 Å². The molecule has 0 fully saturated rings. The summed E-state index contributed by atoms with van der Waals surface area (Å²) < 4.78 is 37.9. The Hall–Kier alpha value is -2.21. The van der Waals surface area contributed by atoms with Crippen molar-refractivity contribution in [1.82, 2.24) is 0 Å². The highest BCUT2D eigenvalue weighted by Gasteiger charge is 2.23. The molecule has 2 aromatic rings. The summed E-state index contributed by atoms with van der Waals surface area (Å²) in [4.78, 5) is 0.268. The van der Waals surface area contributed by atoms with Gasteiger partial charge in [0.15, 0.2) is 11.5 Å². The first-order valence-corrected chi connectivity index (χ1v) is 9.32. The summed E-state index contributed by atoms with van der Waals surface area (Å²) in [6.45, 7) is 5.11. The quantitative estimate of drug-likeness (QED) is 0.850. The van der Waals surface area contributed by atoms with Crippen LogP contribution in [0.4, 0.5) is 5.69 Å². The molecule has 24 heavy (non-hydrogen) atoms. The van der Waals surface area contributed by atoms with E-state index in [-0.39, 0.29) is 4.90 Å². The molecule has 1 heterocycles. The van der Waals surface area contributed by atoms with Gasteiger partial charge in [0, 0.05) is 13.1 Å². The number of ether oxygens (including phenoxy) is 2. The molecule has 0 saturated heterocycles. The number of anilines is 1. The van der Waals surface area contributed by atoms with E-state index in [0.29, 0.717) is 36.3 Å². The Kier molecular flexibility index (Phi) is 4.41. The molecule has 1 aliphatic rings. The lowest BCUT2D eigenvalue weighted by molar-refractivity contribution is 0.171. The maximum Gasteiger partial charge on any atom is 0.264 e. The van der Waals surface area contributed by atoms with E-state index in [1.54, 1.807) is 30.3 Å². The van der Waals surface area contributed by atoms with Crippen molar-refractivity contribution in [3.8, 4) is 11.5 Å². The third-order valence-electron chi connectivity index (χ3n) is 4.09. The standard InChI is InChI=1S/C18H21NO4S/c1-13(2)14-4-7-16(8-5-14)24(20,21)19(3)15-6-9-17-18(12-15)23-11-10-22-17/h4-9,12-13H,10-11H2,1-3H3. The zero-order chi connectivity index (χ0) is 17.3. The van der Waals surface area contributed by atoms with Crippen LogP contribution in [0.5, 0.6) is 11.5 Å². The number of nitrogens with zero attached hydrogens (tertiary/aromatic N) is 1. The maximum atomic E-state index is 12.8. The van der Waals surface area contributed by atoms with E-state index < -0.39 is 10.0 Å². The minimum atomic E-state index is -3.62. The molecule has 5 nitrogen and oxygen atoms in total. The third kappa shape index (κ3) is 3.06. The van der Waals surface area contributed by atoms with Crippen LogP contribution in [-0.2, 0) is 10.0 Å². The summed E-state index contributed by atoms with van der Waals surface area (Å²) >= 11 is 0. The van der Waals surface area contributed by atoms with Gasteiger partial charge in [0.25, 0.3) is 10.0 Å². The van der Waals surface area contributed by atoms with Crippen molar-refractivity contribution in [2.45, 2.75) is 24.7 Å². The lowest BCUT2D eigenvalue weighted by atomic mass is 10.0. The van der Waals surface area contributed by atoms with Crippen molar-refractivity contribution in [3.05, 3.63) is 48.0 Å². The summed E-state index contributed by atoms with van der Waals surface area (Å²) in [5.74, 6) is 1.56. The van der Waals surface area contributed by atoms with Crippen molar-refractivity contribution in [3.63, 3.8) is 0 Å². The van der Waals surface area contributed by atoms with Crippen LogP contribution in [0.15, 0.2) is 47.4 Å². The normalized spacial score (nSPS) is 13.8. The first-order chi connectivity index (χ1) is 11.4. The molecule has 0 aliphatic carbocycles. The molecule has 2 aromatic carbocycles. The van der Waals surface area contributed by atoms with E-state index in [0.717, 1.165) is 5.56 Å². The third-order valence-corrected chi connectivity index (χ3v) is 5.89. The molecular weight excluding hydrogens is 326 g/mol. The van der Waals surface area contributed by atoms with E-state index in [1.807, 2.05) is 12.1 Å². The molecule has 0 atom stereocenters. The van der Waals surface area contributed by atoms with Crippen LogP contribution < -0.4 is 13.8 Å². The predicted octanol–water partition coefficient (Wildman–Crippen LogP) is 3.41. The first-order valence-electron chi connectivity index (χ1n) is 7.88. The molecule has 0 radical (unpaired) electrons. The number of hydrogen-bond acceptors (Lipinski definition) is 4. The first kappa shape index (κ1) is 16.6. The minimum absolute atomic E-state index is 0.268. The highest BCUT2D eigenvalue weighted by Crippen LogP contribution is 2.35. The van der Waals surface area contributed by atoms with Gasteiger partial charge in [-0.05, 0) is 35.7 Å². The lowest BCUT2D eigenvalue weighted by Crippen LogP contribution is -2.27. The highest BCUT2D eigenvalue weighted by molar-refractivity contribution is 7.92. The summed E-state index contributed by atoms with van der Waals surface area (Å²) in [6.07, 6.45) is 0. The molecular formula is C18H21NO4S. The molecule has 0 bridgehead atoms. The fraction of sp³-hybridized carbons (Fsp3) is 0.333. The van der Waals surface area contributed by atoms with E-state index in [1.165, 1.54) is 11.4 Å². The van der Waals surface area contributed by atoms with E-state index in [4.69, 9.17) is 9.47 Å². The second-order valence-electron chi connectivity index (χ2n) is 6.02. The summed E-state index contributed by atoms with van der Waals surface area (Å²) in [5.41, 5.74) is 1.64. The van der Waals surface area contributed by atoms with Gasteiger partial charge >= 0.3 is 0 Å². The van der Waals surface area contributed by atoms with Crippen molar-refractivity contribution in [1.29, 1.82) is 0 Å². The van der Waals surface area contributed by atoms with Crippen LogP contribution in [0.2, 0.25) is 0 Å². The van der Waals surface area contributed by atoms with E-state index in [2.05, 4.69) is 13.8 Å². The average Bonchev–Trinajstić information content (AvgIpc) is 2.60. The zero-order valence-corrected chi connectivity index (χ0v) is 14.8. The fourth-order valence-electron chi connectivity index (χ4n) is 2.55. The van der Waals surface area contributed by atoms with Crippen LogP contribution in [-0.4, -0.2) is 28.7 Å². The Balaban J connectivity index is 1.91. The monoisotopic (exact) mass is 347 g/mol. The molecule has 3 rings (SSSR count).